The van der Waals surface area contributed by atoms with Crippen molar-refractivity contribution in [1.29, 1.82) is 0 Å². The molecule has 8 heteroatoms. The lowest BCUT2D eigenvalue weighted by Crippen LogP contribution is -2.58. The van der Waals surface area contributed by atoms with Crippen LogP contribution in [0.3, 0.4) is 0 Å². The molecule has 1 aliphatic heterocycles. The minimum atomic E-state index is -1.82. The first kappa shape index (κ1) is 18.2. The Morgan fingerprint density at radius 1 is 1.19 bits per heavy atom. The molecule has 2 aromatic carbocycles. The number of aliphatic imine (C=N–C) groups is 1. The van der Waals surface area contributed by atoms with E-state index in [-0.39, 0.29) is 5.84 Å². The molecular formula is C18H15Cl2N3O3. The Labute approximate surface area is 160 Å². The van der Waals surface area contributed by atoms with Crippen LogP contribution in [0.1, 0.15) is 15.9 Å². The smallest absolute Gasteiger partial charge is 0.277 e. The number of rotatable bonds is 5. The molecule has 0 aromatic heterocycles. The molecule has 1 heterocycles. The van der Waals surface area contributed by atoms with Gasteiger partial charge in [-0.05, 0) is 24.3 Å². The maximum absolute atomic E-state index is 12.6. The molecule has 0 saturated carbocycles. The highest BCUT2D eigenvalue weighted by molar-refractivity contribution is 6.47. The number of amidine groups is 1. The molecule has 2 amide bonds. The number of amides is 2. The molecule has 2 aromatic rings. The fourth-order valence-corrected chi connectivity index (χ4v) is 2.89. The second kappa shape index (κ2) is 7.35. The zero-order valence-corrected chi connectivity index (χ0v) is 15.2. The Kier molecular flexibility index (Phi) is 5.15. The number of hydrogen-bond donors (Lipinski definition) is 2. The average molecular weight is 392 g/mol. The molecule has 0 saturated heterocycles. The molecule has 1 atom stereocenters. The van der Waals surface area contributed by atoms with Gasteiger partial charge in [-0.1, -0.05) is 53.5 Å². The van der Waals surface area contributed by atoms with Crippen LogP contribution < -0.4 is 15.4 Å². The molecule has 134 valence electrons. The predicted octanol–water partition coefficient (Wildman–Crippen LogP) is 2.50. The monoisotopic (exact) mass is 391 g/mol. The molecule has 6 nitrogen and oxygen atoms in total. The van der Waals surface area contributed by atoms with E-state index in [1.54, 1.807) is 54.6 Å². The summed E-state index contributed by atoms with van der Waals surface area (Å²) in [7, 11) is 1.53. The van der Waals surface area contributed by atoms with Crippen molar-refractivity contribution in [2.24, 2.45) is 4.99 Å². The van der Waals surface area contributed by atoms with Crippen LogP contribution in [-0.2, 0) is 4.79 Å². The van der Waals surface area contributed by atoms with Gasteiger partial charge in [-0.2, -0.15) is 0 Å². The quantitative estimate of drug-likeness (QED) is 0.768. The van der Waals surface area contributed by atoms with Crippen LogP contribution in [0.25, 0.3) is 0 Å². The minimum absolute atomic E-state index is 0.244. The summed E-state index contributed by atoms with van der Waals surface area (Å²) in [6.07, 6.45) is 0. The van der Waals surface area contributed by atoms with Crippen molar-refractivity contribution in [2.45, 2.75) is 10.5 Å². The topological polar surface area (TPSA) is 79.8 Å². The fraction of sp³-hybridized carbons (Fsp3) is 0.167. The molecule has 1 aliphatic rings. The van der Waals surface area contributed by atoms with Crippen LogP contribution >= 0.6 is 23.2 Å². The van der Waals surface area contributed by atoms with Crippen molar-refractivity contribution in [2.75, 3.05) is 7.11 Å². The van der Waals surface area contributed by atoms with Crippen molar-refractivity contribution in [3.8, 4) is 5.75 Å². The molecule has 0 spiro atoms. The third-order valence-electron chi connectivity index (χ3n) is 3.87. The van der Waals surface area contributed by atoms with Gasteiger partial charge in [0, 0.05) is 11.1 Å². The zero-order chi connectivity index (χ0) is 18.7. The van der Waals surface area contributed by atoms with Crippen LogP contribution in [0.4, 0.5) is 0 Å². The van der Waals surface area contributed by atoms with Gasteiger partial charge in [0.25, 0.3) is 11.8 Å². The second-order valence-corrected chi connectivity index (χ2v) is 6.63. The highest BCUT2D eigenvalue weighted by Crippen LogP contribution is 2.28. The zero-order valence-electron chi connectivity index (χ0n) is 13.7. The van der Waals surface area contributed by atoms with E-state index < -0.39 is 22.3 Å². The minimum Gasteiger partial charge on any atom is -0.497 e. The van der Waals surface area contributed by atoms with Gasteiger partial charge in [-0.25, -0.2) is 4.99 Å². The summed E-state index contributed by atoms with van der Waals surface area (Å²) in [6, 6.07) is 15.4. The Bertz CT molecular complexity index is 871. The molecule has 1 unspecified atom stereocenters. The number of methoxy groups -OCH3 is 1. The molecule has 3 rings (SSSR count). The van der Waals surface area contributed by atoms with Crippen molar-refractivity contribution in [1.82, 2.24) is 10.6 Å². The average Bonchev–Trinajstić information content (AvgIpc) is 3.00. The van der Waals surface area contributed by atoms with Gasteiger partial charge in [-0.3, -0.25) is 9.59 Å². The molecule has 0 bridgehead atoms. The predicted molar refractivity (Wildman–Crippen MR) is 99.8 cm³/mol. The van der Waals surface area contributed by atoms with Gasteiger partial charge < -0.3 is 15.4 Å². The van der Waals surface area contributed by atoms with Gasteiger partial charge in [-0.15, -0.1) is 0 Å². The largest absolute Gasteiger partial charge is 0.497 e. The summed E-state index contributed by atoms with van der Waals surface area (Å²) in [5, 5.41) is 5.18. The SMILES string of the molecule is COc1cccc(C2=NC(NC(=O)c3ccccc3)(C(Cl)Cl)C(=O)N2)c1. The maximum Gasteiger partial charge on any atom is 0.277 e. The fourth-order valence-electron chi connectivity index (χ4n) is 2.49. The molecule has 0 radical (unpaired) electrons. The first-order chi connectivity index (χ1) is 12.5. The van der Waals surface area contributed by atoms with Crippen molar-refractivity contribution in [3.63, 3.8) is 0 Å². The number of nitrogens with zero attached hydrogens (tertiary/aromatic N) is 1. The summed E-state index contributed by atoms with van der Waals surface area (Å²) >= 11 is 12.1. The van der Waals surface area contributed by atoms with E-state index in [2.05, 4.69) is 15.6 Å². The summed E-state index contributed by atoms with van der Waals surface area (Å²) in [4.78, 5) is 28.1. The number of hydrogen-bond acceptors (Lipinski definition) is 4. The van der Waals surface area contributed by atoms with Crippen LogP contribution in [0.15, 0.2) is 59.6 Å². The standard InChI is InChI=1S/C18H15Cl2N3O3/c1-26-13-9-5-8-12(10-13)14-21-17(25)18(22-14,16(19)20)23-15(24)11-6-3-2-4-7-11/h2-10,16H,1H3,(H,23,24)(H,21,22,25). The lowest BCUT2D eigenvalue weighted by molar-refractivity contribution is -0.124. The summed E-state index contributed by atoms with van der Waals surface area (Å²) in [5.41, 5.74) is -0.866. The molecular weight excluding hydrogens is 377 g/mol. The van der Waals surface area contributed by atoms with Crippen molar-refractivity contribution in [3.05, 3.63) is 65.7 Å². The van der Waals surface area contributed by atoms with Gasteiger partial charge >= 0.3 is 0 Å². The number of nitrogens with one attached hydrogen (secondary N) is 2. The second-order valence-electron chi connectivity index (χ2n) is 5.53. The number of carbonyl (C=O) groups is 2. The Hall–Kier alpha value is -2.57. The van der Waals surface area contributed by atoms with Crippen molar-refractivity contribution < 1.29 is 14.3 Å². The molecule has 0 aliphatic carbocycles. The van der Waals surface area contributed by atoms with E-state index in [9.17, 15) is 9.59 Å². The highest BCUT2D eigenvalue weighted by Gasteiger charge is 2.50. The van der Waals surface area contributed by atoms with Crippen LogP contribution in [0.5, 0.6) is 5.75 Å². The third-order valence-corrected chi connectivity index (χ3v) is 4.50. The van der Waals surface area contributed by atoms with Gasteiger partial charge in [0.15, 0.2) is 4.84 Å². The van der Waals surface area contributed by atoms with E-state index in [4.69, 9.17) is 27.9 Å². The maximum atomic E-state index is 12.6. The Balaban J connectivity index is 1.96. The summed E-state index contributed by atoms with van der Waals surface area (Å²) in [5.74, 6) is -0.288. The van der Waals surface area contributed by atoms with Crippen LogP contribution in [-0.4, -0.2) is 35.3 Å². The van der Waals surface area contributed by atoms with Gasteiger partial charge in [0.1, 0.15) is 11.6 Å². The number of ether oxygens (including phenoxy) is 1. The third kappa shape index (κ3) is 3.38. The Morgan fingerprint density at radius 3 is 2.58 bits per heavy atom. The first-order valence-corrected chi connectivity index (χ1v) is 8.55. The molecule has 0 fully saturated rings. The lowest BCUT2D eigenvalue weighted by atomic mass is 10.1. The number of carbonyl (C=O) groups excluding carboxylic acids is 2. The summed E-state index contributed by atoms with van der Waals surface area (Å²) in [6.45, 7) is 0. The van der Waals surface area contributed by atoms with Crippen molar-refractivity contribution >= 4 is 40.9 Å². The van der Waals surface area contributed by atoms with Crippen LogP contribution in [0, 0.1) is 0 Å². The van der Waals surface area contributed by atoms with E-state index >= 15 is 0 Å². The Morgan fingerprint density at radius 2 is 1.92 bits per heavy atom. The lowest BCUT2D eigenvalue weighted by Gasteiger charge is -2.25. The van der Waals surface area contributed by atoms with Crippen LogP contribution in [0.2, 0.25) is 0 Å². The first-order valence-electron chi connectivity index (χ1n) is 7.67. The normalized spacial score (nSPS) is 19.1. The van der Waals surface area contributed by atoms with E-state index in [1.165, 1.54) is 7.11 Å². The van der Waals surface area contributed by atoms with E-state index in [0.717, 1.165) is 0 Å². The van der Waals surface area contributed by atoms with E-state index in [1.807, 2.05) is 0 Å². The molecule has 2 N–H and O–H groups in total. The van der Waals surface area contributed by atoms with Gasteiger partial charge in [0.2, 0.25) is 5.66 Å². The highest BCUT2D eigenvalue weighted by atomic mass is 35.5. The number of alkyl halides is 2. The summed E-state index contributed by atoms with van der Waals surface area (Å²) < 4.78 is 5.17. The van der Waals surface area contributed by atoms with E-state index in [0.29, 0.717) is 16.9 Å². The molecule has 26 heavy (non-hydrogen) atoms. The number of halogens is 2. The van der Waals surface area contributed by atoms with Gasteiger partial charge in [0.05, 0.1) is 7.11 Å². The number of benzene rings is 2.